The fourth-order valence-electron chi connectivity index (χ4n) is 4.35. The molecular formula is C23H25N5O2. The maximum absolute atomic E-state index is 5.40. The van der Waals surface area contributed by atoms with Crippen LogP contribution >= 0.6 is 0 Å². The van der Waals surface area contributed by atoms with Gasteiger partial charge in [0.25, 0.3) is 0 Å². The molecule has 7 nitrogen and oxygen atoms in total. The van der Waals surface area contributed by atoms with E-state index in [-0.39, 0.29) is 0 Å². The van der Waals surface area contributed by atoms with Crippen LogP contribution in [0.1, 0.15) is 6.92 Å². The second kappa shape index (κ2) is 7.40. The van der Waals surface area contributed by atoms with Crippen molar-refractivity contribution in [2.24, 2.45) is 0 Å². The fraction of sp³-hybridized carbons (Fsp3) is 0.304. The summed E-state index contributed by atoms with van der Waals surface area (Å²) < 4.78 is 10.8. The van der Waals surface area contributed by atoms with E-state index in [0.29, 0.717) is 6.04 Å². The summed E-state index contributed by atoms with van der Waals surface area (Å²) in [6.07, 6.45) is 1.66. The molecule has 4 aromatic rings. The van der Waals surface area contributed by atoms with Gasteiger partial charge in [0.15, 0.2) is 5.82 Å². The van der Waals surface area contributed by atoms with Gasteiger partial charge >= 0.3 is 0 Å². The number of aromatic nitrogens is 3. The zero-order valence-corrected chi connectivity index (χ0v) is 17.4. The summed E-state index contributed by atoms with van der Waals surface area (Å²) in [5.41, 5.74) is 4.13. The Balaban J connectivity index is 1.46. The molecule has 30 heavy (non-hydrogen) atoms. The molecule has 0 spiro atoms. The number of hydrogen-bond acceptors (Lipinski definition) is 6. The normalized spacial score (nSPS) is 17.0. The predicted molar refractivity (Wildman–Crippen MR) is 120 cm³/mol. The lowest BCUT2D eigenvalue weighted by atomic mass is 10.1. The molecule has 5 rings (SSSR count). The van der Waals surface area contributed by atoms with Gasteiger partial charge in [-0.2, -0.15) is 0 Å². The number of methoxy groups -OCH3 is 2. The molecule has 0 radical (unpaired) electrons. The van der Waals surface area contributed by atoms with E-state index in [1.807, 2.05) is 30.3 Å². The summed E-state index contributed by atoms with van der Waals surface area (Å²) in [4.78, 5) is 17.5. The molecule has 1 aliphatic rings. The maximum Gasteiger partial charge on any atom is 0.156 e. The van der Waals surface area contributed by atoms with Crippen molar-refractivity contribution in [2.75, 3.05) is 43.7 Å². The van der Waals surface area contributed by atoms with Crippen LogP contribution in [0.3, 0.4) is 0 Å². The molecule has 1 saturated heterocycles. The number of rotatable bonds is 4. The zero-order valence-electron chi connectivity index (χ0n) is 17.4. The van der Waals surface area contributed by atoms with Gasteiger partial charge in [-0.15, -0.1) is 0 Å². The van der Waals surface area contributed by atoms with Crippen molar-refractivity contribution in [1.82, 2.24) is 15.0 Å². The number of hydrogen-bond donors (Lipinski definition) is 1. The van der Waals surface area contributed by atoms with Gasteiger partial charge in [0, 0.05) is 48.3 Å². The molecule has 1 aliphatic heterocycles. The highest BCUT2D eigenvalue weighted by atomic mass is 16.5. The van der Waals surface area contributed by atoms with Crippen molar-refractivity contribution < 1.29 is 9.47 Å². The van der Waals surface area contributed by atoms with Crippen LogP contribution in [0.4, 0.5) is 11.5 Å². The Morgan fingerprint density at radius 3 is 2.63 bits per heavy atom. The van der Waals surface area contributed by atoms with Crippen LogP contribution < -0.4 is 19.3 Å². The molecule has 1 N–H and O–H groups in total. The number of nitrogens with one attached hydrogen (secondary N) is 1. The van der Waals surface area contributed by atoms with Gasteiger partial charge in [0.1, 0.15) is 28.9 Å². The number of ether oxygens (including phenoxy) is 2. The van der Waals surface area contributed by atoms with Crippen LogP contribution in [0.25, 0.3) is 21.9 Å². The Bertz CT molecular complexity index is 1200. The topological polar surface area (TPSA) is 66.5 Å². The molecule has 1 atom stereocenters. The first-order valence-electron chi connectivity index (χ1n) is 10.1. The van der Waals surface area contributed by atoms with Gasteiger partial charge in [0.2, 0.25) is 0 Å². The molecule has 0 unspecified atom stereocenters. The van der Waals surface area contributed by atoms with Gasteiger partial charge < -0.3 is 24.3 Å². The molecular weight excluding hydrogens is 378 g/mol. The minimum Gasteiger partial charge on any atom is -0.497 e. The quantitative estimate of drug-likeness (QED) is 0.558. The molecule has 2 aromatic carbocycles. The first-order chi connectivity index (χ1) is 14.7. The van der Waals surface area contributed by atoms with E-state index in [0.717, 1.165) is 58.9 Å². The molecule has 0 bridgehead atoms. The van der Waals surface area contributed by atoms with Gasteiger partial charge in [0.05, 0.1) is 14.2 Å². The highest BCUT2D eigenvalue weighted by molar-refractivity contribution is 6.08. The second-order valence-electron chi connectivity index (χ2n) is 7.65. The number of piperazine rings is 1. The highest BCUT2D eigenvalue weighted by Crippen LogP contribution is 2.33. The summed E-state index contributed by atoms with van der Waals surface area (Å²) in [7, 11) is 3.39. The second-order valence-corrected chi connectivity index (χ2v) is 7.65. The van der Waals surface area contributed by atoms with Crippen molar-refractivity contribution >= 4 is 33.4 Å². The summed E-state index contributed by atoms with van der Waals surface area (Å²) in [5, 5.41) is 1.05. The summed E-state index contributed by atoms with van der Waals surface area (Å²) in [6.45, 7) is 4.92. The Hall–Kier alpha value is -3.48. The number of anilines is 2. The lowest BCUT2D eigenvalue weighted by Gasteiger charge is -2.41. The van der Waals surface area contributed by atoms with E-state index in [1.54, 1.807) is 20.5 Å². The van der Waals surface area contributed by atoms with Crippen molar-refractivity contribution in [3.8, 4) is 11.5 Å². The Kier molecular flexibility index (Phi) is 4.58. The average Bonchev–Trinajstić information content (AvgIpc) is 3.17. The first kappa shape index (κ1) is 18.5. The maximum atomic E-state index is 5.40. The van der Waals surface area contributed by atoms with E-state index in [2.05, 4.69) is 43.8 Å². The predicted octanol–water partition coefficient (Wildman–Crippen LogP) is 3.84. The van der Waals surface area contributed by atoms with Crippen LogP contribution in [0.2, 0.25) is 0 Å². The highest BCUT2D eigenvalue weighted by Gasteiger charge is 2.27. The number of H-pyrrole nitrogens is 1. The van der Waals surface area contributed by atoms with Crippen LogP contribution in [0, 0.1) is 0 Å². The minimum absolute atomic E-state index is 0.334. The lowest BCUT2D eigenvalue weighted by molar-refractivity contribution is 0.414. The van der Waals surface area contributed by atoms with E-state index >= 15 is 0 Å². The van der Waals surface area contributed by atoms with Crippen LogP contribution in [0.5, 0.6) is 11.5 Å². The Morgan fingerprint density at radius 1 is 1.00 bits per heavy atom. The molecule has 1 fully saturated rings. The lowest BCUT2D eigenvalue weighted by Crippen LogP contribution is -2.52. The molecule has 3 heterocycles. The van der Waals surface area contributed by atoms with Crippen molar-refractivity contribution in [1.29, 1.82) is 0 Å². The van der Waals surface area contributed by atoms with Crippen LogP contribution in [0.15, 0.2) is 48.8 Å². The number of aromatic amines is 1. The van der Waals surface area contributed by atoms with Crippen LogP contribution in [-0.2, 0) is 0 Å². The summed E-state index contributed by atoms with van der Waals surface area (Å²) in [5.74, 6) is 2.66. The van der Waals surface area contributed by atoms with Crippen molar-refractivity contribution in [3.63, 3.8) is 0 Å². The SMILES string of the molecule is COc1cccc(N2CCN(c3ncnc4c3[nH]c3ccc(OC)cc34)C[C@H]2C)c1. The van der Waals surface area contributed by atoms with E-state index < -0.39 is 0 Å². The third-order valence-corrected chi connectivity index (χ3v) is 5.88. The van der Waals surface area contributed by atoms with Crippen molar-refractivity contribution in [3.05, 3.63) is 48.8 Å². The smallest absolute Gasteiger partial charge is 0.156 e. The Labute approximate surface area is 175 Å². The van der Waals surface area contributed by atoms with E-state index in [4.69, 9.17) is 9.47 Å². The zero-order chi connectivity index (χ0) is 20.7. The molecule has 154 valence electrons. The third-order valence-electron chi connectivity index (χ3n) is 5.88. The molecule has 7 heteroatoms. The monoisotopic (exact) mass is 403 g/mol. The van der Waals surface area contributed by atoms with Gasteiger partial charge in [-0.1, -0.05) is 6.07 Å². The average molecular weight is 403 g/mol. The van der Waals surface area contributed by atoms with E-state index in [9.17, 15) is 0 Å². The fourth-order valence-corrected chi connectivity index (χ4v) is 4.35. The third kappa shape index (κ3) is 3.07. The molecule has 0 aliphatic carbocycles. The van der Waals surface area contributed by atoms with Crippen molar-refractivity contribution in [2.45, 2.75) is 13.0 Å². The van der Waals surface area contributed by atoms with Gasteiger partial charge in [-0.05, 0) is 37.3 Å². The standard InChI is InChI=1S/C23H25N5O2/c1-15-13-27(9-10-28(15)16-5-4-6-17(11-16)29-2)23-22-21(24-14-25-23)19-12-18(30-3)7-8-20(19)26-22/h4-8,11-12,14-15,26H,9-10,13H2,1-3H3/t15-/m1/s1. The van der Waals surface area contributed by atoms with Crippen LogP contribution in [-0.4, -0.2) is 54.8 Å². The summed E-state index contributed by atoms with van der Waals surface area (Å²) in [6, 6.07) is 14.6. The number of nitrogens with zero attached hydrogens (tertiary/aromatic N) is 4. The minimum atomic E-state index is 0.334. The molecule has 0 saturated carbocycles. The Morgan fingerprint density at radius 2 is 1.83 bits per heavy atom. The van der Waals surface area contributed by atoms with Gasteiger partial charge in [-0.25, -0.2) is 9.97 Å². The largest absolute Gasteiger partial charge is 0.497 e. The molecule has 2 aromatic heterocycles. The van der Waals surface area contributed by atoms with Gasteiger partial charge in [-0.3, -0.25) is 0 Å². The molecule has 0 amide bonds. The van der Waals surface area contributed by atoms with E-state index in [1.165, 1.54) is 5.69 Å². The number of benzene rings is 2. The first-order valence-corrected chi connectivity index (χ1v) is 10.1. The number of fused-ring (bicyclic) bond motifs is 3. The summed E-state index contributed by atoms with van der Waals surface area (Å²) >= 11 is 0.